The van der Waals surface area contributed by atoms with Gasteiger partial charge < -0.3 is 35.6 Å². The molecule has 15 nitrogen and oxygen atoms in total. The van der Waals surface area contributed by atoms with E-state index in [1.165, 1.54) is 4.90 Å². The number of pyridine rings is 1. The molecule has 53 heavy (non-hydrogen) atoms. The van der Waals surface area contributed by atoms with E-state index >= 15 is 0 Å². The number of hydrogen-bond donors (Lipinski definition) is 4. The standard InChI is InChI=1S/C38H52N8O7/c1-9-11-26(30(47)34(49)40-23-13-14-23)42-33(48)28-20-25(21-45(28)35(50)31(37(2,3)4)43-36(51)44-38(5,6)7)53-29-18-22-12-15-24(52-8)19-27(22)41-32(29)46-17-10-16-39-46/h10,12,15-19,23,25-26,28,31H,9,11,13-14,20-21H2,1-8H3,(H,40,49)(H,42,48)(H2,43,44,51)/t25-,26+,28+,31-/m1/s1. The number of aromatic nitrogens is 3. The predicted molar refractivity (Wildman–Crippen MR) is 198 cm³/mol. The lowest BCUT2D eigenvalue weighted by Gasteiger charge is -2.36. The van der Waals surface area contributed by atoms with Crippen LogP contribution in [0.4, 0.5) is 4.79 Å². The van der Waals surface area contributed by atoms with Crippen molar-refractivity contribution in [3.63, 3.8) is 0 Å². The van der Waals surface area contributed by atoms with Crippen LogP contribution in [0, 0.1) is 5.41 Å². The zero-order chi connectivity index (χ0) is 38.7. The highest BCUT2D eigenvalue weighted by molar-refractivity contribution is 6.38. The molecule has 0 radical (unpaired) electrons. The van der Waals surface area contributed by atoms with Gasteiger partial charge in [-0.2, -0.15) is 5.10 Å². The number of methoxy groups -OCH3 is 1. The van der Waals surface area contributed by atoms with Gasteiger partial charge in [-0.15, -0.1) is 0 Å². The lowest BCUT2D eigenvalue weighted by atomic mass is 9.85. The molecule has 1 aromatic carbocycles. The Morgan fingerprint density at radius 3 is 2.36 bits per heavy atom. The second-order valence-electron chi connectivity index (χ2n) is 15.9. The molecular weight excluding hydrogens is 680 g/mol. The summed E-state index contributed by atoms with van der Waals surface area (Å²) in [4.78, 5) is 74.0. The van der Waals surface area contributed by atoms with E-state index in [0.717, 1.165) is 18.2 Å². The van der Waals surface area contributed by atoms with Crippen molar-refractivity contribution in [3.8, 4) is 17.3 Å². The van der Waals surface area contributed by atoms with E-state index in [2.05, 4.69) is 26.4 Å². The quantitative estimate of drug-likeness (QED) is 0.191. The number of urea groups is 1. The molecule has 0 unspecified atom stereocenters. The number of benzene rings is 1. The highest BCUT2D eigenvalue weighted by atomic mass is 16.5. The predicted octanol–water partition coefficient (Wildman–Crippen LogP) is 3.42. The second-order valence-corrected chi connectivity index (χ2v) is 15.9. The molecule has 2 fully saturated rings. The summed E-state index contributed by atoms with van der Waals surface area (Å²) in [7, 11) is 1.58. The maximum atomic E-state index is 14.6. The topological polar surface area (TPSA) is 186 Å². The van der Waals surface area contributed by atoms with Gasteiger partial charge in [0.15, 0.2) is 11.6 Å². The zero-order valence-corrected chi connectivity index (χ0v) is 31.8. The van der Waals surface area contributed by atoms with E-state index in [1.807, 2.05) is 66.7 Å². The summed E-state index contributed by atoms with van der Waals surface area (Å²) in [6.45, 7) is 12.8. The summed E-state index contributed by atoms with van der Waals surface area (Å²) in [6, 6.07) is 5.29. The molecule has 5 amide bonds. The van der Waals surface area contributed by atoms with Gasteiger partial charge in [-0.1, -0.05) is 34.1 Å². The fourth-order valence-electron chi connectivity index (χ4n) is 6.23. The maximum absolute atomic E-state index is 14.6. The van der Waals surface area contributed by atoms with Crippen LogP contribution in [0.2, 0.25) is 0 Å². The van der Waals surface area contributed by atoms with Gasteiger partial charge in [0.05, 0.1) is 25.2 Å². The van der Waals surface area contributed by atoms with Crippen molar-refractivity contribution in [1.29, 1.82) is 0 Å². The van der Waals surface area contributed by atoms with E-state index in [-0.39, 0.29) is 25.4 Å². The Kier molecular flexibility index (Phi) is 11.6. The number of amides is 5. The molecule has 2 aliphatic rings. The highest BCUT2D eigenvalue weighted by Gasteiger charge is 2.47. The number of Topliss-reactive ketones (excluding diaryl/α,β-unsaturated/α-hetero) is 1. The van der Waals surface area contributed by atoms with Gasteiger partial charge in [-0.3, -0.25) is 19.2 Å². The van der Waals surface area contributed by atoms with E-state index in [0.29, 0.717) is 29.3 Å². The fraction of sp³-hybridized carbons (Fsp3) is 0.553. The number of nitrogens with one attached hydrogen (secondary N) is 4. The first-order chi connectivity index (χ1) is 25.0. The number of rotatable bonds is 13. The normalized spacial score (nSPS) is 18.5. The van der Waals surface area contributed by atoms with Crippen LogP contribution in [0.5, 0.6) is 11.5 Å². The molecule has 0 spiro atoms. The largest absolute Gasteiger partial charge is 0.497 e. The first kappa shape index (κ1) is 39.0. The minimum Gasteiger partial charge on any atom is -0.497 e. The van der Waals surface area contributed by atoms with Crippen LogP contribution >= 0.6 is 0 Å². The van der Waals surface area contributed by atoms with Crippen molar-refractivity contribution >= 4 is 40.4 Å². The Hall–Kier alpha value is -5.21. The SMILES string of the molecule is CCC[C@H](NC(=O)[C@@H]1C[C@@H](Oc2cc3ccc(OC)cc3nc2-n2cccn2)CN1C(=O)[C@@H](NC(=O)NC(C)(C)C)C(C)(C)C)C(=O)C(=O)NC1CC1. The smallest absolute Gasteiger partial charge is 0.315 e. The van der Waals surface area contributed by atoms with Crippen molar-refractivity contribution < 1.29 is 33.4 Å². The fourth-order valence-corrected chi connectivity index (χ4v) is 6.23. The van der Waals surface area contributed by atoms with E-state index in [4.69, 9.17) is 14.5 Å². The molecule has 1 saturated carbocycles. The molecule has 15 heteroatoms. The Morgan fingerprint density at radius 1 is 1.02 bits per heavy atom. The Labute approximate surface area is 309 Å². The van der Waals surface area contributed by atoms with Crippen molar-refractivity contribution in [2.75, 3.05) is 13.7 Å². The third kappa shape index (κ3) is 9.82. The van der Waals surface area contributed by atoms with Crippen LogP contribution in [0.25, 0.3) is 16.7 Å². The Morgan fingerprint density at radius 2 is 1.75 bits per heavy atom. The van der Waals surface area contributed by atoms with Gasteiger partial charge in [-0.05, 0) is 69.7 Å². The van der Waals surface area contributed by atoms with E-state index in [1.54, 1.807) is 36.3 Å². The number of fused-ring (bicyclic) bond motifs is 1. The number of nitrogens with zero attached hydrogens (tertiary/aromatic N) is 4. The van der Waals surface area contributed by atoms with Crippen molar-refractivity contribution in [2.24, 2.45) is 5.41 Å². The summed E-state index contributed by atoms with van der Waals surface area (Å²) in [5, 5.41) is 16.3. The lowest BCUT2D eigenvalue weighted by molar-refractivity contribution is -0.144. The van der Waals surface area contributed by atoms with Crippen LogP contribution in [0.15, 0.2) is 42.7 Å². The van der Waals surface area contributed by atoms with Gasteiger partial charge in [-0.25, -0.2) is 14.5 Å². The third-order valence-corrected chi connectivity index (χ3v) is 9.06. The minimum atomic E-state index is -1.09. The summed E-state index contributed by atoms with van der Waals surface area (Å²) in [5.74, 6) is -1.16. The molecule has 1 aliphatic heterocycles. The molecule has 4 atom stereocenters. The third-order valence-electron chi connectivity index (χ3n) is 9.06. The molecular formula is C38H52N8O7. The molecule has 1 saturated heterocycles. The van der Waals surface area contributed by atoms with Gasteiger partial charge in [0.25, 0.3) is 5.91 Å². The molecule has 286 valence electrons. The van der Waals surface area contributed by atoms with Crippen LogP contribution in [-0.4, -0.2) is 98.7 Å². The van der Waals surface area contributed by atoms with Crippen molar-refractivity contribution in [3.05, 3.63) is 42.7 Å². The van der Waals surface area contributed by atoms with Crippen LogP contribution in [0.3, 0.4) is 0 Å². The average molecular weight is 733 g/mol. The van der Waals surface area contributed by atoms with Gasteiger partial charge in [0.1, 0.15) is 23.9 Å². The number of hydrogen-bond acceptors (Lipinski definition) is 9. The lowest BCUT2D eigenvalue weighted by Crippen LogP contribution is -2.61. The number of likely N-dealkylation sites (tertiary alicyclic amines) is 1. The number of ketones is 1. The van der Waals surface area contributed by atoms with Gasteiger partial charge in [0.2, 0.25) is 17.6 Å². The van der Waals surface area contributed by atoms with Crippen LogP contribution < -0.4 is 30.7 Å². The van der Waals surface area contributed by atoms with Crippen LogP contribution in [-0.2, 0) is 19.2 Å². The average Bonchev–Trinajstić information content (AvgIpc) is 3.54. The minimum absolute atomic E-state index is 0.0141. The highest BCUT2D eigenvalue weighted by Crippen LogP contribution is 2.33. The zero-order valence-electron chi connectivity index (χ0n) is 31.8. The molecule has 1 aliphatic carbocycles. The second kappa shape index (κ2) is 15.8. The van der Waals surface area contributed by atoms with E-state index in [9.17, 15) is 24.0 Å². The summed E-state index contributed by atoms with van der Waals surface area (Å²) >= 11 is 0. The van der Waals surface area contributed by atoms with Crippen LogP contribution in [0.1, 0.15) is 80.6 Å². The number of carbonyl (C=O) groups excluding carboxylic acids is 5. The Bertz CT molecular complexity index is 1830. The molecule has 3 aromatic rings. The molecule has 2 aromatic heterocycles. The number of carbonyl (C=O) groups is 5. The first-order valence-corrected chi connectivity index (χ1v) is 18.2. The maximum Gasteiger partial charge on any atom is 0.315 e. The molecule has 4 N–H and O–H groups in total. The summed E-state index contributed by atoms with van der Waals surface area (Å²) < 4.78 is 13.6. The van der Waals surface area contributed by atoms with Crippen molar-refractivity contribution in [1.82, 2.24) is 40.9 Å². The molecule has 5 rings (SSSR count). The van der Waals surface area contributed by atoms with Gasteiger partial charge >= 0.3 is 6.03 Å². The van der Waals surface area contributed by atoms with Crippen molar-refractivity contribution in [2.45, 2.75) is 116 Å². The monoisotopic (exact) mass is 732 g/mol. The summed E-state index contributed by atoms with van der Waals surface area (Å²) in [5.41, 5.74) is -0.680. The van der Waals surface area contributed by atoms with E-state index < -0.39 is 64.7 Å². The first-order valence-electron chi connectivity index (χ1n) is 18.2. The molecule has 3 heterocycles. The Balaban J connectivity index is 1.47. The van der Waals surface area contributed by atoms with Gasteiger partial charge in [0, 0.05) is 41.8 Å². The number of ether oxygens (including phenoxy) is 2. The molecule has 0 bridgehead atoms. The summed E-state index contributed by atoms with van der Waals surface area (Å²) in [6.07, 6.45) is 5.09.